The molecule has 17 heavy (non-hydrogen) atoms. The molecule has 0 spiro atoms. The lowest BCUT2D eigenvalue weighted by molar-refractivity contribution is -0.142. The second-order valence-corrected chi connectivity index (χ2v) is 3.47. The van der Waals surface area contributed by atoms with Gasteiger partial charge >= 0.3 is 12.4 Å². The third-order valence-electron chi connectivity index (χ3n) is 2.13. The summed E-state index contributed by atoms with van der Waals surface area (Å²) in [5, 5.41) is 9.09. The number of aliphatic hydroxyl groups is 1. The van der Waals surface area contributed by atoms with E-state index in [4.69, 9.17) is 5.11 Å². The van der Waals surface area contributed by atoms with Crippen molar-refractivity contribution in [1.82, 2.24) is 0 Å². The SMILES string of the molecule is C[C@@H](O)c1cc(C(F)(F)F)ccc1C(F)(F)F. The number of hydrogen-bond donors (Lipinski definition) is 1. The van der Waals surface area contributed by atoms with Crippen molar-refractivity contribution < 1.29 is 31.4 Å². The van der Waals surface area contributed by atoms with Gasteiger partial charge in [-0.3, -0.25) is 0 Å². The van der Waals surface area contributed by atoms with Crippen molar-refractivity contribution in [3.63, 3.8) is 0 Å². The average molecular weight is 258 g/mol. The van der Waals surface area contributed by atoms with Crippen LogP contribution >= 0.6 is 0 Å². The van der Waals surface area contributed by atoms with Crippen LogP contribution in [0.3, 0.4) is 0 Å². The van der Waals surface area contributed by atoms with E-state index in [1.165, 1.54) is 0 Å². The van der Waals surface area contributed by atoms with Crippen molar-refractivity contribution in [1.29, 1.82) is 0 Å². The van der Waals surface area contributed by atoms with Crippen LogP contribution in [0.1, 0.15) is 29.7 Å². The first-order valence-electron chi connectivity index (χ1n) is 4.50. The lowest BCUT2D eigenvalue weighted by Crippen LogP contribution is -2.14. The monoisotopic (exact) mass is 258 g/mol. The van der Waals surface area contributed by atoms with Crippen molar-refractivity contribution in [3.05, 3.63) is 34.9 Å². The Hall–Kier alpha value is -1.24. The van der Waals surface area contributed by atoms with Gasteiger partial charge in [0.2, 0.25) is 0 Å². The maximum absolute atomic E-state index is 12.4. The van der Waals surface area contributed by atoms with Gasteiger partial charge in [-0.05, 0) is 30.7 Å². The Balaban J connectivity index is 3.38. The zero-order valence-electron chi connectivity index (χ0n) is 8.52. The molecule has 0 saturated carbocycles. The molecule has 0 amide bonds. The second-order valence-electron chi connectivity index (χ2n) is 3.47. The minimum absolute atomic E-state index is 0.313. The smallest absolute Gasteiger partial charge is 0.389 e. The number of hydrogen-bond acceptors (Lipinski definition) is 1. The van der Waals surface area contributed by atoms with Crippen molar-refractivity contribution in [3.8, 4) is 0 Å². The maximum Gasteiger partial charge on any atom is 0.416 e. The van der Waals surface area contributed by atoms with Gasteiger partial charge in [-0.2, -0.15) is 26.3 Å². The first-order valence-corrected chi connectivity index (χ1v) is 4.50. The molecule has 1 aromatic carbocycles. The number of aliphatic hydroxyl groups excluding tert-OH is 1. The van der Waals surface area contributed by atoms with Crippen molar-refractivity contribution in [2.45, 2.75) is 25.4 Å². The van der Waals surface area contributed by atoms with Gasteiger partial charge < -0.3 is 5.11 Å². The molecule has 0 heterocycles. The van der Waals surface area contributed by atoms with Gasteiger partial charge in [0.1, 0.15) is 0 Å². The molecule has 0 fully saturated rings. The van der Waals surface area contributed by atoms with E-state index in [0.29, 0.717) is 18.2 Å². The van der Waals surface area contributed by atoms with Crippen LogP contribution in [0.2, 0.25) is 0 Å². The summed E-state index contributed by atoms with van der Waals surface area (Å²) in [6.45, 7) is 0.977. The highest BCUT2D eigenvalue weighted by molar-refractivity contribution is 5.36. The standard InChI is InChI=1S/C10H8F6O/c1-5(17)7-4-6(9(11,12)13)2-3-8(7)10(14,15)16/h2-5,17H,1H3/t5-/m1/s1. The van der Waals surface area contributed by atoms with Crippen LogP contribution in [0.4, 0.5) is 26.3 Å². The fraction of sp³-hybridized carbons (Fsp3) is 0.400. The Morgan fingerprint density at radius 2 is 1.53 bits per heavy atom. The molecule has 96 valence electrons. The van der Waals surface area contributed by atoms with Crippen LogP contribution in [0.5, 0.6) is 0 Å². The van der Waals surface area contributed by atoms with E-state index in [2.05, 4.69) is 0 Å². The Kier molecular flexibility index (Phi) is 3.42. The Bertz CT molecular complexity index is 404. The largest absolute Gasteiger partial charge is 0.416 e. The molecule has 0 bridgehead atoms. The zero-order valence-corrected chi connectivity index (χ0v) is 8.52. The predicted molar refractivity (Wildman–Crippen MR) is 47.1 cm³/mol. The van der Waals surface area contributed by atoms with E-state index in [9.17, 15) is 26.3 Å². The van der Waals surface area contributed by atoms with E-state index < -0.39 is 35.1 Å². The summed E-state index contributed by atoms with van der Waals surface area (Å²) in [4.78, 5) is 0. The molecule has 1 atom stereocenters. The van der Waals surface area contributed by atoms with E-state index in [0.717, 1.165) is 6.92 Å². The molecule has 0 radical (unpaired) electrons. The third kappa shape index (κ3) is 3.12. The quantitative estimate of drug-likeness (QED) is 0.760. The molecular weight excluding hydrogens is 250 g/mol. The normalized spacial score (nSPS) is 14.8. The Labute approximate surface area is 92.7 Å². The molecule has 0 aliphatic heterocycles. The lowest BCUT2D eigenvalue weighted by Gasteiger charge is -2.17. The van der Waals surface area contributed by atoms with E-state index in [1.54, 1.807) is 0 Å². The van der Waals surface area contributed by atoms with Gasteiger partial charge in [-0.25, -0.2) is 0 Å². The first kappa shape index (κ1) is 13.8. The van der Waals surface area contributed by atoms with Crippen LogP contribution in [0, 0.1) is 0 Å². The maximum atomic E-state index is 12.4. The summed E-state index contributed by atoms with van der Waals surface area (Å²) in [6, 6.07) is 0.979. The fourth-order valence-corrected chi connectivity index (χ4v) is 1.34. The molecule has 7 heteroatoms. The molecule has 0 saturated heterocycles. The van der Waals surface area contributed by atoms with Crippen LogP contribution in [-0.4, -0.2) is 5.11 Å². The van der Waals surface area contributed by atoms with Crippen LogP contribution in [-0.2, 0) is 12.4 Å². The van der Waals surface area contributed by atoms with Gasteiger partial charge in [0, 0.05) is 0 Å². The Morgan fingerprint density at radius 1 is 1.00 bits per heavy atom. The van der Waals surface area contributed by atoms with E-state index >= 15 is 0 Å². The summed E-state index contributed by atoms with van der Waals surface area (Å²) >= 11 is 0. The van der Waals surface area contributed by atoms with Gasteiger partial charge in [-0.15, -0.1) is 0 Å². The minimum Gasteiger partial charge on any atom is -0.389 e. The van der Waals surface area contributed by atoms with Crippen molar-refractivity contribution in [2.75, 3.05) is 0 Å². The summed E-state index contributed by atoms with van der Waals surface area (Å²) in [6.07, 6.45) is -11.2. The molecule has 1 rings (SSSR count). The number of halogens is 6. The predicted octanol–water partition coefficient (Wildman–Crippen LogP) is 3.78. The zero-order chi connectivity index (χ0) is 13.4. The average Bonchev–Trinajstić information content (AvgIpc) is 2.14. The summed E-state index contributed by atoms with van der Waals surface area (Å²) < 4.78 is 74.2. The van der Waals surface area contributed by atoms with Gasteiger partial charge in [-0.1, -0.05) is 0 Å². The van der Waals surface area contributed by atoms with E-state index in [-0.39, 0.29) is 0 Å². The molecule has 0 aromatic heterocycles. The highest BCUT2D eigenvalue weighted by atomic mass is 19.4. The Morgan fingerprint density at radius 3 is 1.88 bits per heavy atom. The van der Waals surface area contributed by atoms with Crippen LogP contribution in [0.15, 0.2) is 18.2 Å². The highest BCUT2D eigenvalue weighted by Crippen LogP contribution is 2.38. The van der Waals surface area contributed by atoms with Crippen LogP contribution < -0.4 is 0 Å². The first-order chi connectivity index (χ1) is 7.53. The lowest BCUT2D eigenvalue weighted by atomic mass is 9.99. The summed E-state index contributed by atoms with van der Waals surface area (Å²) in [5.74, 6) is 0. The third-order valence-corrected chi connectivity index (χ3v) is 2.13. The summed E-state index contributed by atoms with van der Waals surface area (Å²) in [7, 11) is 0. The fourth-order valence-electron chi connectivity index (χ4n) is 1.34. The second kappa shape index (κ2) is 4.21. The van der Waals surface area contributed by atoms with Crippen molar-refractivity contribution >= 4 is 0 Å². The number of rotatable bonds is 1. The molecular formula is C10H8F6O. The molecule has 1 aromatic rings. The van der Waals surface area contributed by atoms with Crippen LogP contribution in [0.25, 0.3) is 0 Å². The number of alkyl halides is 6. The molecule has 0 aliphatic carbocycles. The minimum atomic E-state index is -4.80. The number of benzene rings is 1. The molecule has 0 aliphatic rings. The van der Waals surface area contributed by atoms with Gasteiger partial charge in [0.15, 0.2) is 0 Å². The topological polar surface area (TPSA) is 20.2 Å². The highest BCUT2D eigenvalue weighted by Gasteiger charge is 2.37. The molecule has 1 N–H and O–H groups in total. The summed E-state index contributed by atoms with van der Waals surface area (Å²) in [5.41, 5.74) is -3.27. The van der Waals surface area contributed by atoms with Gasteiger partial charge in [0.25, 0.3) is 0 Å². The van der Waals surface area contributed by atoms with Gasteiger partial charge in [0.05, 0.1) is 17.2 Å². The molecule has 1 nitrogen and oxygen atoms in total. The van der Waals surface area contributed by atoms with Crippen molar-refractivity contribution in [2.24, 2.45) is 0 Å². The van der Waals surface area contributed by atoms with E-state index in [1.807, 2.05) is 0 Å². The molecule has 0 unspecified atom stereocenters.